The Morgan fingerprint density at radius 3 is 1.22 bits per heavy atom. The van der Waals surface area contributed by atoms with Crippen LogP contribution in [0.3, 0.4) is 0 Å². The lowest BCUT2D eigenvalue weighted by atomic mass is 9.79. The third-order valence-corrected chi connectivity index (χ3v) is 10.6. The first-order chi connectivity index (χ1) is 24.1. The van der Waals surface area contributed by atoms with E-state index in [1.807, 2.05) is 0 Å². The Morgan fingerprint density at radius 1 is 0.420 bits per heavy atom. The summed E-state index contributed by atoms with van der Waals surface area (Å²) in [6.07, 6.45) is 35.1. The van der Waals surface area contributed by atoms with Gasteiger partial charge in [0.05, 0.1) is 0 Å². The Bertz CT molecular complexity index is 1300. The van der Waals surface area contributed by atoms with Gasteiger partial charge < -0.3 is 0 Å². The molecule has 0 heteroatoms. The number of hydrogen-bond donors (Lipinski definition) is 0. The molecule has 0 aliphatic rings. The maximum Gasteiger partial charge on any atom is 0.0361 e. The van der Waals surface area contributed by atoms with Crippen LogP contribution in [-0.4, -0.2) is 0 Å². The fourth-order valence-electron chi connectivity index (χ4n) is 7.14. The standard InChI is InChI=1S/C50H80/c1-9-11-13-15-17-19-21-23-25-27-29-31-33-35-37-43-41-48(50(6,7)8)46(45-40-39-44(42-47(43)45)49(3,4)5)38-36-34-32-30-28-26-24-22-20-18-16-14-12-10-2/h39-42H,9-34H2,1-8H3. The maximum absolute atomic E-state index is 3.71. The van der Waals surface area contributed by atoms with E-state index < -0.39 is 0 Å². The molecule has 0 aliphatic carbocycles. The molecular weight excluding hydrogens is 601 g/mol. The topological polar surface area (TPSA) is 0 Å². The van der Waals surface area contributed by atoms with Crippen molar-refractivity contribution in [1.82, 2.24) is 0 Å². The van der Waals surface area contributed by atoms with Crippen molar-refractivity contribution < 1.29 is 0 Å². The number of benzene rings is 2. The first-order valence-corrected chi connectivity index (χ1v) is 21.7. The Labute approximate surface area is 313 Å². The zero-order valence-electron chi connectivity index (χ0n) is 34.7. The molecule has 2 rings (SSSR count). The molecule has 2 aromatic rings. The number of hydrogen-bond acceptors (Lipinski definition) is 0. The van der Waals surface area contributed by atoms with Crippen LogP contribution in [0, 0.1) is 23.7 Å². The van der Waals surface area contributed by atoms with Gasteiger partial charge >= 0.3 is 0 Å². The third kappa shape index (κ3) is 18.4. The highest BCUT2D eigenvalue weighted by Gasteiger charge is 2.22. The van der Waals surface area contributed by atoms with Gasteiger partial charge in [0.25, 0.3) is 0 Å². The van der Waals surface area contributed by atoms with Crippen molar-refractivity contribution in [3.63, 3.8) is 0 Å². The van der Waals surface area contributed by atoms with Crippen LogP contribution in [0.5, 0.6) is 0 Å². The summed E-state index contributed by atoms with van der Waals surface area (Å²) in [6, 6.07) is 9.47. The van der Waals surface area contributed by atoms with Gasteiger partial charge in [0.2, 0.25) is 0 Å². The van der Waals surface area contributed by atoms with Gasteiger partial charge in [0.15, 0.2) is 0 Å². The number of rotatable bonds is 24. The molecule has 0 saturated heterocycles. The van der Waals surface area contributed by atoms with Gasteiger partial charge in [-0.05, 0) is 57.7 Å². The van der Waals surface area contributed by atoms with E-state index in [2.05, 4.69) is 103 Å². The van der Waals surface area contributed by atoms with Crippen molar-refractivity contribution in [3.8, 4) is 23.7 Å². The molecule has 0 unspecified atom stereocenters. The van der Waals surface area contributed by atoms with Crippen LogP contribution >= 0.6 is 0 Å². The van der Waals surface area contributed by atoms with Gasteiger partial charge in [-0.25, -0.2) is 0 Å². The highest BCUT2D eigenvalue weighted by Crippen LogP contribution is 2.36. The molecule has 0 fully saturated rings. The van der Waals surface area contributed by atoms with Crippen LogP contribution in [0.25, 0.3) is 10.8 Å². The largest absolute Gasteiger partial charge is 0.0979 e. The zero-order valence-corrected chi connectivity index (χ0v) is 34.7. The van der Waals surface area contributed by atoms with Crippen molar-refractivity contribution in [3.05, 3.63) is 46.5 Å². The van der Waals surface area contributed by atoms with Crippen molar-refractivity contribution in [2.75, 3.05) is 0 Å². The second-order valence-electron chi connectivity index (χ2n) is 17.5. The highest BCUT2D eigenvalue weighted by atomic mass is 14.3. The Kier molecular flexibility index (Phi) is 22.6. The van der Waals surface area contributed by atoms with E-state index in [0.717, 1.165) is 12.8 Å². The van der Waals surface area contributed by atoms with Crippen LogP contribution in [0.4, 0.5) is 0 Å². The monoisotopic (exact) mass is 681 g/mol. The zero-order chi connectivity index (χ0) is 36.5. The summed E-state index contributed by atoms with van der Waals surface area (Å²) in [5.41, 5.74) is 5.21. The van der Waals surface area contributed by atoms with Crippen molar-refractivity contribution in [1.29, 1.82) is 0 Å². The molecule has 0 radical (unpaired) electrons. The minimum Gasteiger partial charge on any atom is -0.0979 e. The summed E-state index contributed by atoms with van der Waals surface area (Å²) in [5.74, 6) is 14.6. The Hall–Kier alpha value is -2.18. The summed E-state index contributed by atoms with van der Waals surface area (Å²) in [7, 11) is 0. The summed E-state index contributed by atoms with van der Waals surface area (Å²) in [4.78, 5) is 0. The minimum atomic E-state index is 0.00282. The third-order valence-electron chi connectivity index (χ3n) is 10.6. The summed E-state index contributed by atoms with van der Waals surface area (Å²) in [5, 5.41) is 2.56. The average molecular weight is 681 g/mol. The molecule has 0 aliphatic heterocycles. The lowest BCUT2D eigenvalue weighted by Gasteiger charge is -2.25. The van der Waals surface area contributed by atoms with Gasteiger partial charge in [-0.2, -0.15) is 0 Å². The number of fused-ring (bicyclic) bond motifs is 1. The van der Waals surface area contributed by atoms with E-state index in [9.17, 15) is 0 Å². The lowest BCUT2D eigenvalue weighted by Crippen LogP contribution is -2.15. The smallest absolute Gasteiger partial charge is 0.0361 e. The van der Waals surface area contributed by atoms with Crippen LogP contribution < -0.4 is 0 Å². The van der Waals surface area contributed by atoms with E-state index in [4.69, 9.17) is 0 Å². The molecule has 0 N–H and O–H groups in total. The second kappa shape index (κ2) is 25.7. The van der Waals surface area contributed by atoms with Gasteiger partial charge in [-0.1, -0.05) is 232 Å². The Balaban J connectivity index is 2.00. The van der Waals surface area contributed by atoms with Crippen LogP contribution in [0.1, 0.15) is 245 Å². The molecule has 280 valence electrons. The molecule has 0 atom stereocenters. The van der Waals surface area contributed by atoms with Gasteiger partial charge in [-0.15, -0.1) is 0 Å². The van der Waals surface area contributed by atoms with Crippen molar-refractivity contribution >= 4 is 10.8 Å². The molecule has 2 aromatic carbocycles. The van der Waals surface area contributed by atoms with E-state index in [-0.39, 0.29) is 10.8 Å². The fraction of sp³-hybridized carbons (Fsp3) is 0.720. The minimum absolute atomic E-state index is 0.00282. The van der Waals surface area contributed by atoms with E-state index >= 15 is 0 Å². The molecule has 0 nitrogen and oxygen atoms in total. The molecule has 0 amide bonds. The van der Waals surface area contributed by atoms with E-state index in [1.165, 1.54) is 187 Å². The van der Waals surface area contributed by atoms with Crippen molar-refractivity contribution in [2.24, 2.45) is 0 Å². The molecule has 50 heavy (non-hydrogen) atoms. The summed E-state index contributed by atoms with van der Waals surface area (Å²) >= 11 is 0. The maximum atomic E-state index is 3.71. The van der Waals surface area contributed by atoms with Gasteiger partial charge in [-0.3, -0.25) is 0 Å². The second-order valence-corrected chi connectivity index (χ2v) is 17.5. The lowest BCUT2D eigenvalue weighted by molar-refractivity contribution is 0.545. The predicted octanol–water partition coefficient (Wildman–Crippen LogP) is 16.3. The van der Waals surface area contributed by atoms with E-state index in [1.54, 1.807) is 0 Å². The van der Waals surface area contributed by atoms with Gasteiger partial charge in [0, 0.05) is 24.0 Å². The Morgan fingerprint density at radius 2 is 0.820 bits per heavy atom. The molecule has 0 bridgehead atoms. The quantitative estimate of drug-likeness (QED) is 0.0765. The number of unbranched alkanes of at least 4 members (excludes halogenated alkanes) is 24. The van der Waals surface area contributed by atoms with Gasteiger partial charge in [0.1, 0.15) is 0 Å². The van der Waals surface area contributed by atoms with Crippen molar-refractivity contribution in [2.45, 2.75) is 233 Å². The summed E-state index contributed by atoms with van der Waals surface area (Å²) in [6.45, 7) is 18.5. The highest BCUT2D eigenvalue weighted by molar-refractivity contribution is 5.95. The summed E-state index contributed by atoms with van der Waals surface area (Å²) < 4.78 is 0. The van der Waals surface area contributed by atoms with Crippen LogP contribution in [-0.2, 0) is 10.8 Å². The first-order valence-electron chi connectivity index (χ1n) is 21.7. The normalized spacial score (nSPS) is 11.8. The first kappa shape index (κ1) is 44.0. The van der Waals surface area contributed by atoms with Crippen LogP contribution in [0.2, 0.25) is 0 Å². The SMILES string of the molecule is CCCCCCCCCCCCCCC#Cc1cc(C(C)(C)C)c(C#CCCCCCCCCCCCCCC)c2ccc(C(C)(C)C)cc12. The molecule has 0 heterocycles. The molecule has 0 spiro atoms. The van der Waals surface area contributed by atoms with E-state index in [0.29, 0.717) is 0 Å². The predicted molar refractivity (Wildman–Crippen MR) is 226 cm³/mol. The molecular formula is C50H80. The van der Waals surface area contributed by atoms with Crippen LogP contribution in [0.15, 0.2) is 24.3 Å². The molecule has 0 aromatic heterocycles. The average Bonchev–Trinajstić information content (AvgIpc) is 3.07. The fourth-order valence-corrected chi connectivity index (χ4v) is 7.14. The molecule has 0 saturated carbocycles.